The molecule has 2 aliphatic heterocycles. The molecule has 176 valence electrons. The molecule has 32 heavy (non-hydrogen) atoms. The third kappa shape index (κ3) is 6.70. The minimum Gasteiger partial charge on any atom is -0.475 e. The van der Waals surface area contributed by atoms with Gasteiger partial charge in [-0.3, -0.25) is 9.58 Å². The third-order valence-electron chi connectivity index (χ3n) is 5.71. The molecule has 0 saturated carbocycles. The van der Waals surface area contributed by atoms with E-state index in [1.807, 2.05) is 17.9 Å². The SMILES string of the molecule is Cn1cc(CN2CCCC3(COCCN(c4ccccc4)C3)C2)cn1.O=C(O)C(F)(F)F. The molecule has 1 aromatic heterocycles. The van der Waals surface area contributed by atoms with E-state index < -0.39 is 12.1 Å². The largest absolute Gasteiger partial charge is 0.490 e. The molecule has 2 aromatic rings. The molecule has 0 aliphatic carbocycles. The van der Waals surface area contributed by atoms with Gasteiger partial charge in [0, 0.05) is 56.1 Å². The summed E-state index contributed by atoms with van der Waals surface area (Å²) in [6.07, 6.45) is 1.52. The number of alkyl halides is 3. The van der Waals surface area contributed by atoms with Gasteiger partial charge in [0.1, 0.15) is 0 Å². The van der Waals surface area contributed by atoms with Crippen molar-refractivity contribution in [1.82, 2.24) is 14.7 Å². The molecular weight excluding hydrogens is 425 g/mol. The van der Waals surface area contributed by atoms with Gasteiger partial charge >= 0.3 is 12.1 Å². The predicted molar refractivity (Wildman–Crippen MR) is 113 cm³/mol. The Balaban J connectivity index is 0.000000360. The molecule has 3 heterocycles. The maximum atomic E-state index is 10.6. The second-order valence-corrected chi connectivity index (χ2v) is 8.45. The number of aromatic nitrogens is 2. The van der Waals surface area contributed by atoms with E-state index in [1.165, 1.54) is 30.6 Å². The number of hydrogen-bond donors (Lipinski definition) is 1. The standard InChI is InChI=1S/C20H28N4O.C2HF3O2/c1-22-13-18(12-21-22)14-23-9-5-8-20(15-23)16-24(10-11-25-17-20)19-6-3-2-4-7-19;3-2(4,5)1(6)7/h2-4,6-7,12-13H,5,8-11,14-17H2,1H3;(H,6,7). The zero-order chi connectivity index (χ0) is 23.2. The Morgan fingerprint density at radius 3 is 2.56 bits per heavy atom. The fourth-order valence-electron chi connectivity index (χ4n) is 4.36. The highest BCUT2D eigenvalue weighted by atomic mass is 19.4. The summed E-state index contributed by atoms with van der Waals surface area (Å²) in [6, 6.07) is 10.8. The van der Waals surface area contributed by atoms with Crippen LogP contribution in [0.4, 0.5) is 18.9 Å². The lowest BCUT2D eigenvalue weighted by molar-refractivity contribution is -0.192. The van der Waals surface area contributed by atoms with Gasteiger partial charge in [0.05, 0.1) is 19.4 Å². The lowest BCUT2D eigenvalue weighted by Gasteiger charge is -2.44. The van der Waals surface area contributed by atoms with Crippen LogP contribution >= 0.6 is 0 Å². The first-order valence-electron chi connectivity index (χ1n) is 10.5. The van der Waals surface area contributed by atoms with Gasteiger partial charge in [-0.25, -0.2) is 4.79 Å². The predicted octanol–water partition coefficient (Wildman–Crippen LogP) is 3.17. The average Bonchev–Trinajstić information content (AvgIpc) is 3.04. The molecule has 1 N–H and O–H groups in total. The number of likely N-dealkylation sites (tertiary alicyclic amines) is 1. The van der Waals surface area contributed by atoms with Crippen molar-refractivity contribution in [2.75, 3.05) is 44.3 Å². The number of carboxylic acids is 1. The second-order valence-electron chi connectivity index (χ2n) is 8.45. The Kier molecular flexibility index (Phi) is 7.78. The number of benzene rings is 1. The molecule has 2 aliphatic rings. The molecule has 0 amide bonds. The molecule has 0 radical (unpaired) electrons. The van der Waals surface area contributed by atoms with Gasteiger partial charge in [-0.2, -0.15) is 18.3 Å². The molecule has 1 spiro atoms. The van der Waals surface area contributed by atoms with Crippen LogP contribution in [0.15, 0.2) is 42.7 Å². The molecule has 10 heteroatoms. The van der Waals surface area contributed by atoms with E-state index >= 15 is 0 Å². The van der Waals surface area contributed by atoms with Gasteiger partial charge < -0.3 is 14.7 Å². The number of ether oxygens (including phenoxy) is 1. The van der Waals surface area contributed by atoms with Gasteiger partial charge in [0.25, 0.3) is 0 Å². The van der Waals surface area contributed by atoms with Crippen molar-refractivity contribution in [1.29, 1.82) is 0 Å². The maximum absolute atomic E-state index is 10.6. The number of rotatable bonds is 3. The monoisotopic (exact) mass is 454 g/mol. The van der Waals surface area contributed by atoms with Crippen LogP contribution in [0.3, 0.4) is 0 Å². The molecule has 1 unspecified atom stereocenters. The molecule has 2 fully saturated rings. The van der Waals surface area contributed by atoms with Crippen molar-refractivity contribution in [2.45, 2.75) is 25.6 Å². The normalized spacial score (nSPS) is 22.2. The number of halogens is 3. The number of anilines is 1. The molecule has 1 atom stereocenters. The van der Waals surface area contributed by atoms with E-state index in [2.05, 4.69) is 51.4 Å². The van der Waals surface area contributed by atoms with Gasteiger partial charge in [-0.05, 0) is 31.5 Å². The summed E-state index contributed by atoms with van der Waals surface area (Å²) < 4.78 is 39.7. The Labute approximate surface area is 185 Å². The summed E-state index contributed by atoms with van der Waals surface area (Å²) >= 11 is 0. The van der Waals surface area contributed by atoms with Crippen LogP contribution in [-0.4, -0.2) is 71.3 Å². The zero-order valence-corrected chi connectivity index (χ0v) is 18.1. The van der Waals surface area contributed by atoms with Gasteiger partial charge in [0.2, 0.25) is 0 Å². The van der Waals surface area contributed by atoms with Crippen LogP contribution < -0.4 is 4.90 Å². The van der Waals surface area contributed by atoms with Crippen LogP contribution in [0.2, 0.25) is 0 Å². The smallest absolute Gasteiger partial charge is 0.475 e. The minimum absolute atomic E-state index is 0.229. The van der Waals surface area contributed by atoms with E-state index in [0.717, 1.165) is 39.4 Å². The molecule has 7 nitrogen and oxygen atoms in total. The Bertz CT molecular complexity index is 875. The highest BCUT2D eigenvalue weighted by molar-refractivity contribution is 5.73. The average molecular weight is 454 g/mol. The number of aryl methyl sites for hydroxylation is 1. The number of aliphatic carboxylic acids is 1. The van der Waals surface area contributed by atoms with Crippen molar-refractivity contribution in [3.63, 3.8) is 0 Å². The quantitative estimate of drug-likeness (QED) is 0.768. The van der Waals surface area contributed by atoms with Crippen LogP contribution in [-0.2, 0) is 23.1 Å². The fourth-order valence-corrected chi connectivity index (χ4v) is 4.36. The van der Waals surface area contributed by atoms with Crippen molar-refractivity contribution in [3.05, 3.63) is 48.3 Å². The first-order valence-corrected chi connectivity index (χ1v) is 10.5. The minimum atomic E-state index is -5.08. The molecule has 4 rings (SSSR count). The van der Waals surface area contributed by atoms with Crippen molar-refractivity contribution < 1.29 is 27.8 Å². The van der Waals surface area contributed by atoms with Gasteiger partial charge in [-0.15, -0.1) is 0 Å². The van der Waals surface area contributed by atoms with Crippen LogP contribution in [0.25, 0.3) is 0 Å². The summed E-state index contributed by atoms with van der Waals surface area (Å²) in [5.41, 5.74) is 2.85. The molecule has 0 bridgehead atoms. The fraction of sp³-hybridized carbons (Fsp3) is 0.545. The highest BCUT2D eigenvalue weighted by Crippen LogP contribution is 2.35. The Morgan fingerprint density at radius 1 is 1.22 bits per heavy atom. The van der Waals surface area contributed by atoms with E-state index in [9.17, 15) is 13.2 Å². The number of para-hydroxylation sites is 1. The second kappa shape index (κ2) is 10.4. The van der Waals surface area contributed by atoms with Crippen LogP contribution in [0.5, 0.6) is 0 Å². The number of carbonyl (C=O) groups is 1. The van der Waals surface area contributed by atoms with Crippen molar-refractivity contribution >= 4 is 11.7 Å². The molecule has 1 aromatic carbocycles. The number of nitrogens with zero attached hydrogens (tertiary/aromatic N) is 4. The van der Waals surface area contributed by atoms with Crippen molar-refractivity contribution in [3.8, 4) is 0 Å². The first kappa shape index (κ1) is 24.1. The number of carboxylic acid groups (broad SMARTS) is 1. The maximum Gasteiger partial charge on any atom is 0.490 e. The summed E-state index contributed by atoms with van der Waals surface area (Å²) in [7, 11) is 1.98. The highest BCUT2D eigenvalue weighted by Gasteiger charge is 2.39. The van der Waals surface area contributed by atoms with E-state index in [-0.39, 0.29) is 5.41 Å². The van der Waals surface area contributed by atoms with E-state index in [0.29, 0.717) is 0 Å². The van der Waals surface area contributed by atoms with Gasteiger partial charge in [-0.1, -0.05) is 18.2 Å². The van der Waals surface area contributed by atoms with E-state index in [4.69, 9.17) is 14.6 Å². The van der Waals surface area contributed by atoms with Gasteiger partial charge in [0.15, 0.2) is 0 Å². The summed E-state index contributed by atoms with van der Waals surface area (Å²) in [5, 5.41) is 11.4. The molecular formula is C22H29F3N4O3. The van der Waals surface area contributed by atoms with Crippen molar-refractivity contribution in [2.24, 2.45) is 12.5 Å². The lowest BCUT2D eigenvalue weighted by atomic mass is 9.80. The number of hydrogen-bond acceptors (Lipinski definition) is 5. The zero-order valence-electron chi connectivity index (χ0n) is 18.1. The first-order chi connectivity index (χ1) is 15.2. The van der Waals surface area contributed by atoms with Crippen LogP contribution in [0.1, 0.15) is 18.4 Å². The summed E-state index contributed by atoms with van der Waals surface area (Å²) in [5.74, 6) is -2.76. The topological polar surface area (TPSA) is 70.8 Å². The molecule has 2 saturated heterocycles. The van der Waals surface area contributed by atoms with Crippen LogP contribution in [0, 0.1) is 5.41 Å². The van der Waals surface area contributed by atoms with E-state index in [1.54, 1.807) is 0 Å². The lowest BCUT2D eigenvalue weighted by Crippen LogP contribution is -2.50. The summed E-state index contributed by atoms with van der Waals surface area (Å²) in [4.78, 5) is 14.0. The Hall–Kier alpha value is -2.59. The summed E-state index contributed by atoms with van der Waals surface area (Å²) in [6.45, 7) is 7.02. The number of piperidine rings is 1. The third-order valence-corrected chi connectivity index (χ3v) is 5.71. The Morgan fingerprint density at radius 2 is 1.94 bits per heavy atom.